The highest BCUT2D eigenvalue weighted by atomic mass is 16.2. The standard InChI is InChI=1S/C26H20N6O2/c1-4-18-10-8-13-20-22(18)26(34)32(19-11-6-5-7-12-19)23(29-20)17(3)28-25(33)21-16(2)30-31-15-9-14-27-24(21)31/h1,5-15,17H,2-3H3,(H,28,33)/t17-/m1/s1. The molecule has 3 aromatic heterocycles. The molecule has 8 heteroatoms. The second-order valence-electron chi connectivity index (χ2n) is 7.83. The first-order valence-corrected chi connectivity index (χ1v) is 10.7. The summed E-state index contributed by atoms with van der Waals surface area (Å²) in [5.74, 6) is 2.60. The van der Waals surface area contributed by atoms with Crippen LogP contribution >= 0.6 is 0 Å². The van der Waals surface area contributed by atoms with Crippen molar-refractivity contribution in [3.8, 4) is 18.0 Å². The van der Waals surface area contributed by atoms with E-state index in [1.165, 1.54) is 4.57 Å². The largest absolute Gasteiger partial charge is 0.342 e. The van der Waals surface area contributed by atoms with E-state index in [9.17, 15) is 9.59 Å². The van der Waals surface area contributed by atoms with Crippen LogP contribution in [-0.4, -0.2) is 30.1 Å². The van der Waals surface area contributed by atoms with Crippen molar-refractivity contribution in [2.75, 3.05) is 0 Å². The van der Waals surface area contributed by atoms with Crippen molar-refractivity contribution in [3.05, 3.63) is 100.0 Å². The summed E-state index contributed by atoms with van der Waals surface area (Å²) in [7, 11) is 0. The van der Waals surface area contributed by atoms with Crippen molar-refractivity contribution in [2.24, 2.45) is 0 Å². The Balaban J connectivity index is 1.65. The van der Waals surface area contributed by atoms with E-state index < -0.39 is 6.04 Å². The summed E-state index contributed by atoms with van der Waals surface area (Å²) in [5.41, 5.74) is 2.64. The van der Waals surface area contributed by atoms with Gasteiger partial charge in [-0.15, -0.1) is 6.42 Å². The van der Waals surface area contributed by atoms with Gasteiger partial charge >= 0.3 is 0 Å². The number of para-hydroxylation sites is 1. The van der Waals surface area contributed by atoms with E-state index >= 15 is 0 Å². The first-order chi connectivity index (χ1) is 16.5. The number of carbonyl (C=O) groups is 1. The maximum absolute atomic E-state index is 13.7. The lowest BCUT2D eigenvalue weighted by atomic mass is 10.1. The molecule has 1 amide bonds. The summed E-state index contributed by atoms with van der Waals surface area (Å²) in [6.07, 6.45) is 9.00. The molecule has 0 unspecified atom stereocenters. The fourth-order valence-corrected chi connectivity index (χ4v) is 4.08. The van der Waals surface area contributed by atoms with Gasteiger partial charge in [0.25, 0.3) is 11.5 Å². The van der Waals surface area contributed by atoms with E-state index in [2.05, 4.69) is 21.3 Å². The number of nitrogens with one attached hydrogen (secondary N) is 1. The Labute approximate surface area is 194 Å². The average Bonchev–Trinajstić information content (AvgIpc) is 3.19. The second-order valence-corrected chi connectivity index (χ2v) is 7.83. The molecular weight excluding hydrogens is 428 g/mol. The van der Waals surface area contributed by atoms with Gasteiger partial charge < -0.3 is 5.32 Å². The summed E-state index contributed by atoms with van der Waals surface area (Å²) in [6, 6.07) is 15.5. The third-order valence-electron chi connectivity index (χ3n) is 5.63. The molecule has 0 saturated heterocycles. The number of aromatic nitrogens is 5. The van der Waals surface area contributed by atoms with Gasteiger partial charge in [-0.3, -0.25) is 14.2 Å². The fraction of sp³-hybridized carbons (Fsp3) is 0.115. The van der Waals surface area contributed by atoms with Crippen molar-refractivity contribution in [1.29, 1.82) is 0 Å². The number of nitrogens with zero attached hydrogens (tertiary/aromatic N) is 5. The van der Waals surface area contributed by atoms with E-state index in [-0.39, 0.29) is 11.5 Å². The predicted molar refractivity (Wildman–Crippen MR) is 129 cm³/mol. The minimum Gasteiger partial charge on any atom is -0.342 e. The molecule has 0 aliphatic carbocycles. The molecule has 1 N–H and O–H groups in total. The van der Waals surface area contributed by atoms with Crippen LogP contribution < -0.4 is 10.9 Å². The van der Waals surface area contributed by atoms with Gasteiger partial charge in [-0.2, -0.15) is 5.10 Å². The Morgan fingerprint density at radius 1 is 1.12 bits per heavy atom. The normalized spacial score (nSPS) is 11.9. The zero-order valence-corrected chi connectivity index (χ0v) is 18.6. The third-order valence-corrected chi connectivity index (χ3v) is 5.63. The van der Waals surface area contributed by atoms with Crippen molar-refractivity contribution < 1.29 is 4.79 Å². The number of rotatable bonds is 4. The molecule has 0 bridgehead atoms. The minimum absolute atomic E-state index is 0.297. The molecule has 0 aliphatic heterocycles. The molecule has 34 heavy (non-hydrogen) atoms. The molecular formula is C26H20N6O2. The minimum atomic E-state index is -0.614. The van der Waals surface area contributed by atoms with Crippen molar-refractivity contribution in [3.63, 3.8) is 0 Å². The first-order valence-electron chi connectivity index (χ1n) is 10.7. The summed E-state index contributed by atoms with van der Waals surface area (Å²) in [5, 5.41) is 7.68. The van der Waals surface area contributed by atoms with Gasteiger partial charge in [0.05, 0.1) is 28.3 Å². The summed E-state index contributed by atoms with van der Waals surface area (Å²) >= 11 is 0. The molecule has 8 nitrogen and oxygen atoms in total. The summed E-state index contributed by atoms with van der Waals surface area (Å²) in [6.45, 7) is 3.54. The van der Waals surface area contributed by atoms with Gasteiger partial charge in [-0.05, 0) is 44.2 Å². The first kappa shape index (κ1) is 21.1. The van der Waals surface area contributed by atoms with Crippen LogP contribution in [0.25, 0.3) is 22.2 Å². The van der Waals surface area contributed by atoms with Crippen LogP contribution in [0.2, 0.25) is 0 Å². The Hall–Kier alpha value is -4.77. The van der Waals surface area contributed by atoms with Crippen LogP contribution in [0.4, 0.5) is 0 Å². The number of carbonyl (C=O) groups excluding carboxylic acids is 1. The van der Waals surface area contributed by atoms with E-state index in [1.54, 1.807) is 55.0 Å². The van der Waals surface area contributed by atoms with E-state index in [1.807, 2.05) is 30.3 Å². The molecule has 5 rings (SSSR count). The van der Waals surface area contributed by atoms with Crippen molar-refractivity contribution in [1.82, 2.24) is 29.5 Å². The highest BCUT2D eigenvalue weighted by Crippen LogP contribution is 2.21. The van der Waals surface area contributed by atoms with Gasteiger partial charge in [0, 0.05) is 18.0 Å². The molecule has 0 fully saturated rings. The second kappa shape index (κ2) is 8.30. The monoisotopic (exact) mass is 448 g/mol. The maximum Gasteiger partial charge on any atom is 0.267 e. The molecule has 2 aromatic carbocycles. The fourth-order valence-electron chi connectivity index (χ4n) is 4.08. The molecule has 1 atom stereocenters. The van der Waals surface area contributed by atoms with E-state index in [0.717, 1.165) is 0 Å². The van der Waals surface area contributed by atoms with Crippen LogP contribution in [0.5, 0.6) is 0 Å². The molecule has 0 aliphatic rings. The molecule has 0 spiro atoms. The number of amides is 1. The average molecular weight is 448 g/mol. The SMILES string of the molecule is C#Cc1cccc2nc([C@@H](C)NC(=O)c3c(C)nn4cccnc34)n(-c3ccccc3)c(=O)c12. The number of terminal acetylenes is 1. The molecule has 0 radical (unpaired) electrons. The lowest BCUT2D eigenvalue weighted by molar-refractivity contribution is 0.0938. The lowest BCUT2D eigenvalue weighted by Gasteiger charge is -2.20. The van der Waals surface area contributed by atoms with Gasteiger partial charge in [0.1, 0.15) is 11.4 Å². The number of benzene rings is 2. The van der Waals surface area contributed by atoms with Crippen LogP contribution in [0, 0.1) is 19.3 Å². The zero-order valence-electron chi connectivity index (χ0n) is 18.6. The third kappa shape index (κ3) is 3.40. The Bertz CT molecular complexity index is 1660. The number of fused-ring (bicyclic) bond motifs is 2. The maximum atomic E-state index is 13.7. The van der Waals surface area contributed by atoms with Crippen LogP contribution in [-0.2, 0) is 0 Å². The van der Waals surface area contributed by atoms with Crippen molar-refractivity contribution >= 4 is 22.5 Å². The quantitative estimate of drug-likeness (QED) is 0.426. The van der Waals surface area contributed by atoms with Gasteiger partial charge in [-0.1, -0.05) is 30.2 Å². The summed E-state index contributed by atoms with van der Waals surface area (Å²) < 4.78 is 3.06. The summed E-state index contributed by atoms with van der Waals surface area (Å²) in [4.78, 5) is 36.0. The van der Waals surface area contributed by atoms with Gasteiger partial charge in [0.15, 0.2) is 5.65 Å². The van der Waals surface area contributed by atoms with Gasteiger partial charge in [-0.25, -0.2) is 14.5 Å². The number of hydrogen-bond acceptors (Lipinski definition) is 5. The highest BCUT2D eigenvalue weighted by Gasteiger charge is 2.24. The molecule has 166 valence electrons. The van der Waals surface area contributed by atoms with Crippen LogP contribution in [0.15, 0.2) is 71.8 Å². The molecule has 5 aromatic rings. The molecule has 0 saturated carbocycles. The van der Waals surface area contributed by atoms with Crippen LogP contribution in [0.1, 0.15) is 40.4 Å². The number of aryl methyl sites for hydroxylation is 1. The Morgan fingerprint density at radius 2 is 1.91 bits per heavy atom. The lowest BCUT2D eigenvalue weighted by Crippen LogP contribution is -2.33. The Morgan fingerprint density at radius 3 is 2.68 bits per heavy atom. The van der Waals surface area contributed by atoms with E-state index in [4.69, 9.17) is 11.4 Å². The topological polar surface area (TPSA) is 94.2 Å². The van der Waals surface area contributed by atoms with Crippen LogP contribution in [0.3, 0.4) is 0 Å². The molecule has 3 heterocycles. The zero-order chi connectivity index (χ0) is 23.8. The smallest absolute Gasteiger partial charge is 0.267 e. The highest BCUT2D eigenvalue weighted by molar-refractivity contribution is 6.01. The predicted octanol–water partition coefficient (Wildman–Crippen LogP) is 3.21. The van der Waals surface area contributed by atoms with Crippen molar-refractivity contribution in [2.45, 2.75) is 19.9 Å². The van der Waals surface area contributed by atoms with E-state index in [0.29, 0.717) is 44.9 Å². The Kier molecular flexibility index (Phi) is 5.15. The number of hydrogen-bond donors (Lipinski definition) is 1. The van der Waals surface area contributed by atoms with Gasteiger partial charge in [0.2, 0.25) is 0 Å².